The Hall–Kier alpha value is -3.64. The summed E-state index contributed by atoms with van der Waals surface area (Å²) in [6.45, 7) is 12.9. The summed E-state index contributed by atoms with van der Waals surface area (Å²) in [5.41, 5.74) is 4.86. The van der Waals surface area contributed by atoms with Gasteiger partial charge in [0.2, 0.25) is 5.88 Å². The van der Waals surface area contributed by atoms with Crippen LogP contribution in [0.1, 0.15) is 38.2 Å². The molecule has 0 aliphatic carbocycles. The average Bonchev–Trinajstić information content (AvgIpc) is 3.40. The summed E-state index contributed by atoms with van der Waals surface area (Å²) < 4.78 is 17.6. The maximum Gasteiger partial charge on any atom is 0.206 e. The first-order chi connectivity index (χ1) is 18.0. The van der Waals surface area contributed by atoms with Gasteiger partial charge in [0.15, 0.2) is 0 Å². The monoisotopic (exact) mass is 502 g/mol. The van der Waals surface area contributed by atoms with Crippen LogP contribution in [0, 0.1) is 0 Å². The number of nitrogens with zero attached hydrogens (tertiary/aromatic N) is 2. The van der Waals surface area contributed by atoms with Crippen molar-refractivity contribution in [3.63, 3.8) is 0 Å². The Labute approximate surface area is 220 Å². The van der Waals surface area contributed by atoms with Crippen molar-refractivity contribution in [2.24, 2.45) is 0 Å². The van der Waals surface area contributed by atoms with Gasteiger partial charge in [0, 0.05) is 24.5 Å². The number of benzene rings is 2. The maximum absolute atomic E-state index is 11.8. The maximum atomic E-state index is 11.8. The molecule has 0 amide bonds. The number of ether oxygens (including phenoxy) is 3. The van der Waals surface area contributed by atoms with Crippen molar-refractivity contribution in [2.75, 3.05) is 32.2 Å². The van der Waals surface area contributed by atoms with Crippen LogP contribution in [0.4, 0.5) is 5.69 Å². The third-order valence-electron chi connectivity index (χ3n) is 6.94. The van der Waals surface area contributed by atoms with Crippen molar-refractivity contribution in [1.82, 2.24) is 4.90 Å². The number of unbranched alkanes of at least 4 members (excludes halogenated alkanes) is 1. The molecule has 0 bridgehead atoms. The predicted molar refractivity (Wildman–Crippen MR) is 149 cm³/mol. The van der Waals surface area contributed by atoms with E-state index >= 15 is 0 Å². The van der Waals surface area contributed by atoms with Gasteiger partial charge in [0.25, 0.3) is 0 Å². The van der Waals surface area contributed by atoms with Crippen LogP contribution in [0.15, 0.2) is 96.2 Å². The normalized spacial score (nSPS) is 17.8. The Morgan fingerprint density at radius 1 is 1.05 bits per heavy atom. The lowest BCUT2D eigenvalue weighted by atomic mass is 9.96. The first-order valence-electron chi connectivity index (χ1n) is 12.9. The fourth-order valence-corrected chi connectivity index (χ4v) is 4.94. The number of aliphatic hydroxyl groups is 1. The number of methoxy groups -OCH3 is 2. The van der Waals surface area contributed by atoms with Gasteiger partial charge in [-0.05, 0) is 48.6 Å². The minimum atomic E-state index is 0.0834. The number of para-hydroxylation sites is 1. The van der Waals surface area contributed by atoms with Crippen LogP contribution >= 0.6 is 0 Å². The molecular weight excluding hydrogens is 464 g/mol. The fraction of sp³-hybridized carbons (Fsp3) is 0.355. The third kappa shape index (κ3) is 5.70. The summed E-state index contributed by atoms with van der Waals surface area (Å²) in [4.78, 5) is 4.01. The molecule has 2 aromatic rings. The van der Waals surface area contributed by atoms with Crippen molar-refractivity contribution in [3.05, 3.63) is 102 Å². The Kier molecular flexibility index (Phi) is 8.62. The van der Waals surface area contributed by atoms with Crippen molar-refractivity contribution >= 4 is 5.69 Å². The summed E-state index contributed by atoms with van der Waals surface area (Å²) >= 11 is 0. The van der Waals surface area contributed by atoms with Gasteiger partial charge in [-0.25, -0.2) is 0 Å². The van der Waals surface area contributed by atoms with Gasteiger partial charge < -0.3 is 24.2 Å². The molecule has 1 saturated heterocycles. The molecule has 2 aliphatic rings. The smallest absolute Gasteiger partial charge is 0.206 e. The Balaban J connectivity index is 1.61. The average molecular weight is 503 g/mol. The molecule has 37 heavy (non-hydrogen) atoms. The number of likely N-dealkylation sites (tertiary alicyclic amines) is 1. The van der Waals surface area contributed by atoms with Crippen molar-refractivity contribution in [1.29, 1.82) is 0 Å². The molecule has 6 nitrogen and oxygen atoms in total. The van der Waals surface area contributed by atoms with Gasteiger partial charge in [-0.3, -0.25) is 4.90 Å². The molecule has 1 fully saturated rings. The van der Waals surface area contributed by atoms with Crippen LogP contribution in [-0.2, 0) is 11.3 Å². The molecule has 0 unspecified atom stereocenters. The van der Waals surface area contributed by atoms with Crippen LogP contribution in [0.3, 0.4) is 0 Å². The first-order valence-corrected chi connectivity index (χ1v) is 12.9. The number of anilines is 1. The summed E-state index contributed by atoms with van der Waals surface area (Å²) in [5.74, 6) is 1.31. The third-order valence-corrected chi connectivity index (χ3v) is 6.94. The number of rotatable bonds is 11. The fourth-order valence-electron chi connectivity index (χ4n) is 4.94. The van der Waals surface area contributed by atoms with E-state index in [4.69, 9.17) is 14.2 Å². The highest BCUT2D eigenvalue weighted by Gasteiger charge is 2.34. The highest BCUT2D eigenvalue weighted by Crippen LogP contribution is 2.46. The zero-order valence-corrected chi connectivity index (χ0v) is 22.2. The minimum absolute atomic E-state index is 0.0834. The van der Waals surface area contributed by atoms with Crippen molar-refractivity contribution < 1.29 is 19.3 Å². The summed E-state index contributed by atoms with van der Waals surface area (Å²) in [7, 11) is 3.24. The molecule has 1 atom stereocenters. The predicted octanol–water partition coefficient (Wildman–Crippen LogP) is 6.73. The van der Waals surface area contributed by atoms with E-state index in [1.165, 1.54) is 0 Å². The molecule has 0 aromatic heterocycles. The standard InChI is InChI=1S/C31H38N2O4/c1-6-7-14-25-19-22(2)29(31(34)33(25)30-27(35-4)15-11-16-28(30)36-5)23(3)32-18-17-26(20-32)37-21-24-12-9-8-10-13-24/h8-13,15-16,19,26,34H,2-3,6-7,14,17-18,20-21H2,1,4-5H3/t26-/m0/s1. The number of aliphatic hydroxyl groups excluding tert-OH is 1. The van der Waals surface area contributed by atoms with E-state index in [1.54, 1.807) is 14.2 Å². The van der Waals surface area contributed by atoms with Gasteiger partial charge in [-0.2, -0.15) is 0 Å². The van der Waals surface area contributed by atoms with Crippen molar-refractivity contribution in [3.8, 4) is 11.5 Å². The second-order valence-corrected chi connectivity index (χ2v) is 9.41. The molecule has 2 aliphatic heterocycles. The highest BCUT2D eigenvalue weighted by atomic mass is 16.5. The second kappa shape index (κ2) is 12.1. The van der Waals surface area contributed by atoms with E-state index in [0.717, 1.165) is 54.8 Å². The van der Waals surface area contributed by atoms with E-state index in [0.29, 0.717) is 35.9 Å². The van der Waals surface area contributed by atoms with Gasteiger partial charge in [0.05, 0.1) is 32.5 Å². The molecule has 6 heteroatoms. The lowest BCUT2D eigenvalue weighted by Gasteiger charge is -2.36. The lowest BCUT2D eigenvalue weighted by Crippen LogP contribution is -2.31. The molecule has 196 valence electrons. The highest BCUT2D eigenvalue weighted by molar-refractivity contribution is 5.76. The van der Waals surface area contributed by atoms with Crippen LogP contribution in [0.25, 0.3) is 0 Å². The molecule has 0 radical (unpaired) electrons. The molecule has 0 saturated carbocycles. The summed E-state index contributed by atoms with van der Waals surface area (Å²) in [6, 6.07) is 15.8. The van der Waals surface area contributed by atoms with E-state index in [-0.39, 0.29) is 12.0 Å². The van der Waals surface area contributed by atoms with E-state index < -0.39 is 0 Å². The van der Waals surface area contributed by atoms with Gasteiger partial charge in [-0.15, -0.1) is 0 Å². The molecule has 2 aromatic carbocycles. The SMILES string of the molecule is C=C1C=C(CCCC)N(c2c(OC)cccc2OC)C(O)=C1C(=C)N1CC[C@H](OCc2ccccc2)C1. The summed E-state index contributed by atoms with van der Waals surface area (Å²) in [5, 5.41) is 11.8. The van der Waals surface area contributed by atoms with Crippen LogP contribution in [0.5, 0.6) is 11.5 Å². The van der Waals surface area contributed by atoms with E-state index in [9.17, 15) is 5.11 Å². The van der Waals surface area contributed by atoms with E-state index in [2.05, 4.69) is 37.1 Å². The van der Waals surface area contributed by atoms with Gasteiger partial charge >= 0.3 is 0 Å². The molecule has 1 N–H and O–H groups in total. The Morgan fingerprint density at radius 3 is 2.41 bits per heavy atom. The van der Waals surface area contributed by atoms with Gasteiger partial charge in [0.1, 0.15) is 17.2 Å². The zero-order chi connectivity index (χ0) is 26.4. The second-order valence-electron chi connectivity index (χ2n) is 9.41. The van der Waals surface area contributed by atoms with Crippen LogP contribution in [-0.4, -0.2) is 43.4 Å². The minimum Gasteiger partial charge on any atom is -0.494 e. The van der Waals surface area contributed by atoms with Crippen LogP contribution < -0.4 is 14.4 Å². The summed E-state index contributed by atoms with van der Waals surface area (Å²) in [6.07, 6.45) is 5.82. The van der Waals surface area contributed by atoms with E-state index in [1.807, 2.05) is 47.4 Å². The quantitative estimate of drug-likeness (QED) is 0.368. The molecular formula is C31H38N2O4. The molecule has 2 heterocycles. The first kappa shape index (κ1) is 26.4. The molecule has 0 spiro atoms. The Bertz CT molecular complexity index is 1160. The number of hydrogen-bond donors (Lipinski definition) is 1. The molecule has 4 rings (SSSR count). The zero-order valence-electron chi connectivity index (χ0n) is 22.2. The van der Waals surface area contributed by atoms with Crippen molar-refractivity contribution in [2.45, 2.75) is 45.3 Å². The topological polar surface area (TPSA) is 54.4 Å². The largest absolute Gasteiger partial charge is 0.494 e. The van der Waals surface area contributed by atoms with Gasteiger partial charge in [-0.1, -0.05) is 62.9 Å². The van der Waals surface area contributed by atoms with Crippen LogP contribution in [0.2, 0.25) is 0 Å². The number of allylic oxidation sites excluding steroid dienone is 3. The Morgan fingerprint density at radius 2 is 1.76 bits per heavy atom. The number of hydrogen-bond acceptors (Lipinski definition) is 6. The lowest BCUT2D eigenvalue weighted by molar-refractivity contribution is 0.0489.